The Hall–Kier alpha value is -0.120. The van der Waals surface area contributed by atoms with E-state index in [1.807, 2.05) is 0 Å². The molecule has 0 aromatic rings. The van der Waals surface area contributed by atoms with Gasteiger partial charge in [-0.25, -0.2) is 0 Å². The van der Waals surface area contributed by atoms with Gasteiger partial charge in [0.25, 0.3) is 0 Å². The maximum absolute atomic E-state index is 5.88. The van der Waals surface area contributed by atoms with Crippen molar-refractivity contribution in [1.29, 1.82) is 0 Å². The van der Waals surface area contributed by atoms with Gasteiger partial charge < -0.3 is 10.5 Å². The Bertz CT molecular complexity index is 159. The number of hydrogen-bond acceptors (Lipinski definition) is 3. The first-order chi connectivity index (χ1) is 6.72. The number of nitrogens with zero attached hydrogens (tertiary/aromatic N) is 1. The summed E-state index contributed by atoms with van der Waals surface area (Å²) in [6.45, 7) is 9.35. The predicted molar refractivity (Wildman–Crippen MR) is 59.3 cm³/mol. The Kier molecular flexibility index (Phi) is 4.85. The third kappa shape index (κ3) is 2.69. The van der Waals surface area contributed by atoms with E-state index in [1.54, 1.807) is 0 Å². The smallest absolute Gasteiger partial charge is 0.0747 e. The molecule has 1 saturated heterocycles. The van der Waals surface area contributed by atoms with Crippen LogP contribution >= 0.6 is 0 Å². The van der Waals surface area contributed by atoms with Gasteiger partial charge in [0.1, 0.15) is 0 Å². The molecular formula is C11H24N2O. The van der Waals surface area contributed by atoms with Crippen LogP contribution in [0.2, 0.25) is 0 Å². The van der Waals surface area contributed by atoms with Crippen LogP contribution in [0, 0.1) is 0 Å². The molecule has 0 spiro atoms. The van der Waals surface area contributed by atoms with Gasteiger partial charge in [-0.05, 0) is 32.9 Å². The molecule has 0 amide bonds. The molecule has 1 heterocycles. The second-order valence-corrected chi connectivity index (χ2v) is 4.09. The normalized spacial score (nSPS) is 29.8. The molecule has 84 valence electrons. The molecule has 3 nitrogen and oxygen atoms in total. The lowest BCUT2D eigenvalue weighted by molar-refractivity contribution is -0.00155. The first-order valence-electron chi connectivity index (χ1n) is 5.82. The summed E-state index contributed by atoms with van der Waals surface area (Å²) in [5.74, 6) is 0. The Morgan fingerprint density at radius 3 is 2.36 bits per heavy atom. The Labute approximate surface area is 87.6 Å². The van der Waals surface area contributed by atoms with E-state index < -0.39 is 0 Å². The van der Waals surface area contributed by atoms with Crippen molar-refractivity contribution in [3.05, 3.63) is 0 Å². The average molecular weight is 200 g/mol. The van der Waals surface area contributed by atoms with E-state index in [0.717, 1.165) is 13.1 Å². The van der Waals surface area contributed by atoms with Gasteiger partial charge in [0, 0.05) is 12.6 Å². The monoisotopic (exact) mass is 200 g/mol. The molecule has 0 aliphatic carbocycles. The number of nitrogens with two attached hydrogens (primary N) is 1. The standard InChI is InChI=1S/C11H24N2O/c1-4-13(5-2)10(8-12)11-7-6-9(3)14-11/h9-11H,4-8,12H2,1-3H3. The highest BCUT2D eigenvalue weighted by molar-refractivity contribution is 4.84. The van der Waals surface area contributed by atoms with Crippen LogP contribution in [0.1, 0.15) is 33.6 Å². The molecule has 0 saturated carbocycles. The summed E-state index contributed by atoms with van der Waals surface area (Å²) in [5, 5.41) is 0. The summed E-state index contributed by atoms with van der Waals surface area (Å²) >= 11 is 0. The van der Waals surface area contributed by atoms with Crippen LogP contribution in [0.3, 0.4) is 0 Å². The van der Waals surface area contributed by atoms with Gasteiger partial charge in [0.05, 0.1) is 12.2 Å². The summed E-state index contributed by atoms with van der Waals surface area (Å²) in [6, 6.07) is 0.412. The average Bonchev–Trinajstić information content (AvgIpc) is 2.60. The van der Waals surface area contributed by atoms with E-state index >= 15 is 0 Å². The second-order valence-electron chi connectivity index (χ2n) is 4.09. The fraction of sp³-hybridized carbons (Fsp3) is 1.00. The summed E-state index contributed by atoms with van der Waals surface area (Å²) in [6.07, 6.45) is 3.13. The van der Waals surface area contributed by atoms with Crippen LogP contribution in [-0.2, 0) is 4.74 Å². The molecule has 0 bridgehead atoms. The number of likely N-dealkylation sites (N-methyl/N-ethyl adjacent to an activating group) is 1. The van der Waals surface area contributed by atoms with Crippen molar-refractivity contribution < 1.29 is 4.74 Å². The quantitative estimate of drug-likeness (QED) is 0.725. The van der Waals surface area contributed by atoms with Crippen molar-refractivity contribution in [2.24, 2.45) is 5.73 Å². The van der Waals surface area contributed by atoms with Crippen molar-refractivity contribution in [3.63, 3.8) is 0 Å². The van der Waals surface area contributed by atoms with Crippen molar-refractivity contribution in [3.8, 4) is 0 Å². The third-order valence-electron chi connectivity index (χ3n) is 3.22. The summed E-state index contributed by atoms with van der Waals surface area (Å²) in [4.78, 5) is 2.41. The largest absolute Gasteiger partial charge is 0.374 e. The molecule has 14 heavy (non-hydrogen) atoms. The minimum Gasteiger partial charge on any atom is -0.374 e. The van der Waals surface area contributed by atoms with E-state index in [9.17, 15) is 0 Å². The van der Waals surface area contributed by atoms with Gasteiger partial charge in [0.2, 0.25) is 0 Å². The first-order valence-corrected chi connectivity index (χ1v) is 5.82. The highest BCUT2D eigenvalue weighted by Crippen LogP contribution is 2.23. The molecule has 1 aliphatic rings. The van der Waals surface area contributed by atoms with Gasteiger partial charge in [-0.2, -0.15) is 0 Å². The van der Waals surface area contributed by atoms with E-state index in [-0.39, 0.29) is 0 Å². The van der Waals surface area contributed by atoms with Gasteiger partial charge in [-0.1, -0.05) is 13.8 Å². The molecule has 1 aliphatic heterocycles. The van der Waals surface area contributed by atoms with E-state index in [0.29, 0.717) is 24.8 Å². The van der Waals surface area contributed by atoms with Crippen LogP contribution in [0.4, 0.5) is 0 Å². The molecule has 0 aromatic heterocycles. The zero-order chi connectivity index (χ0) is 10.6. The highest BCUT2D eigenvalue weighted by atomic mass is 16.5. The molecule has 2 N–H and O–H groups in total. The molecule has 0 aromatic carbocycles. The maximum Gasteiger partial charge on any atom is 0.0747 e. The summed E-state index contributed by atoms with van der Waals surface area (Å²) in [5.41, 5.74) is 5.83. The van der Waals surface area contributed by atoms with E-state index in [4.69, 9.17) is 10.5 Å². The molecule has 1 fully saturated rings. The van der Waals surface area contributed by atoms with Crippen molar-refractivity contribution in [1.82, 2.24) is 4.90 Å². The zero-order valence-corrected chi connectivity index (χ0v) is 9.70. The van der Waals surface area contributed by atoms with Crippen LogP contribution in [0.15, 0.2) is 0 Å². The van der Waals surface area contributed by atoms with Crippen molar-refractivity contribution in [2.45, 2.75) is 51.9 Å². The fourth-order valence-corrected chi connectivity index (χ4v) is 2.35. The molecule has 0 radical (unpaired) electrons. The van der Waals surface area contributed by atoms with E-state index in [2.05, 4.69) is 25.7 Å². The Morgan fingerprint density at radius 2 is 2.00 bits per heavy atom. The van der Waals surface area contributed by atoms with E-state index in [1.165, 1.54) is 12.8 Å². The maximum atomic E-state index is 5.88. The third-order valence-corrected chi connectivity index (χ3v) is 3.22. The van der Waals surface area contributed by atoms with Crippen molar-refractivity contribution in [2.75, 3.05) is 19.6 Å². The van der Waals surface area contributed by atoms with Gasteiger partial charge in [0.15, 0.2) is 0 Å². The lowest BCUT2D eigenvalue weighted by atomic mass is 10.1. The molecular weight excluding hydrogens is 176 g/mol. The van der Waals surface area contributed by atoms with Gasteiger partial charge in [-0.3, -0.25) is 4.90 Å². The lowest BCUT2D eigenvalue weighted by Crippen LogP contribution is -2.48. The predicted octanol–water partition coefficient (Wildman–Crippen LogP) is 1.22. The van der Waals surface area contributed by atoms with Crippen LogP contribution in [0.25, 0.3) is 0 Å². The zero-order valence-electron chi connectivity index (χ0n) is 9.70. The summed E-state index contributed by atoms with van der Waals surface area (Å²) in [7, 11) is 0. The SMILES string of the molecule is CCN(CC)C(CN)C1CCC(C)O1. The lowest BCUT2D eigenvalue weighted by Gasteiger charge is -2.32. The Morgan fingerprint density at radius 1 is 1.36 bits per heavy atom. The van der Waals surface area contributed by atoms with Crippen molar-refractivity contribution >= 4 is 0 Å². The first kappa shape index (κ1) is 12.0. The molecule has 3 heteroatoms. The van der Waals surface area contributed by atoms with Crippen LogP contribution < -0.4 is 5.73 Å². The Balaban J connectivity index is 2.52. The van der Waals surface area contributed by atoms with Gasteiger partial charge >= 0.3 is 0 Å². The van der Waals surface area contributed by atoms with Gasteiger partial charge in [-0.15, -0.1) is 0 Å². The number of rotatable bonds is 5. The molecule has 3 unspecified atom stereocenters. The highest BCUT2D eigenvalue weighted by Gasteiger charge is 2.31. The minimum absolute atomic E-state index is 0.356. The second kappa shape index (κ2) is 5.69. The number of hydrogen-bond donors (Lipinski definition) is 1. The van der Waals surface area contributed by atoms with Crippen LogP contribution in [0.5, 0.6) is 0 Å². The van der Waals surface area contributed by atoms with Crippen LogP contribution in [-0.4, -0.2) is 42.8 Å². The fourth-order valence-electron chi connectivity index (χ4n) is 2.35. The molecule has 1 rings (SSSR count). The summed E-state index contributed by atoms with van der Waals surface area (Å²) < 4.78 is 5.88. The minimum atomic E-state index is 0.356. The topological polar surface area (TPSA) is 38.5 Å². The molecule has 3 atom stereocenters. The number of ether oxygens (including phenoxy) is 1.